The number of carboxylic acid groups (broad SMARTS) is 2. The van der Waals surface area contributed by atoms with Crippen LogP contribution in [0.1, 0.15) is 4.28 Å². The summed E-state index contributed by atoms with van der Waals surface area (Å²) in [5.41, 5.74) is 0. The molecule has 42 valence electrons. The first-order valence-corrected chi connectivity index (χ1v) is 0.651. The minimum absolute atomic E-state index is 0. The van der Waals surface area contributed by atoms with Crippen molar-refractivity contribution in [2.24, 2.45) is 0 Å². The van der Waals surface area contributed by atoms with Gasteiger partial charge in [-0.3, -0.25) is 0 Å². The molecule has 0 aliphatic heterocycles. The van der Waals surface area contributed by atoms with Crippen LogP contribution in [0.3, 0.4) is 0 Å². The van der Waals surface area contributed by atoms with Crippen LogP contribution < -0.4 is 29.6 Å². The van der Waals surface area contributed by atoms with Crippen molar-refractivity contribution in [3.8, 4) is 0 Å². The van der Waals surface area contributed by atoms with Gasteiger partial charge in [0.15, 0.2) is 0 Å². The molecule has 0 amide bonds. The van der Waals surface area contributed by atoms with Crippen LogP contribution in [0.15, 0.2) is 0 Å². The second kappa shape index (κ2) is 22.5. The zero-order chi connectivity index (χ0) is 3.58. The molecule has 0 radical (unpaired) electrons. The smallest absolute Gasteiger partial charge is 1.00 e. The first kappa shape index (κ1) is 30.4. The Morgan fingerprint density at radius 3 is 1.38 bits per heavy atom. The van der Waals surface area contributed by atoms with E-state index < -0.39 is 6.16 Å². The van der Waals surface area contributed by atoms with Gasteiger partial charge in [-0.25, -0.2) is 4.79 Å². The minimum Gasteiger partial charge on any atom is -1.00 e. The normalized spacial score (nSPS) is 3.00. The number of carbonyl (C=O) groups is 1. The molecule has 0 saturated heterocycles. The topological polar surface area (TPSA) is 89.0 Å². The largest absolute Gasteiger partial charge is 2.00 e. The summed E-state index contributed by atoms with van der Waals surface area (Å²) in [4.78, 5) is 8.56. The standard InChI is InChI=1S/CH2O3.Ba.Na.H2O.Th.3H/c2-1(3)4;;;;;;;/h(H2,2,3,4);;;1H2;;;;/q;+2;+1;;;3*-1. The third-order valence-electron chi connectivity index (χ3n) is 0. The van der Waals surface area contributed by atoms with Gasteiger partial charge >= 0.3 is 84.6 Å². The number of hydrogen-bond donors (Lipinski definition) is 2. The molecule has 0 heterocycles. The quantitative estimate of drug-likeness (QED) is 0.355. The summed E-state index contributed by atoms with van der Waals surface area (Å²) in [6.07, 6.45) is -1.83. The van der Waals surface area contributed by atoms with Gasteiger partial charge in [-0.05, 0) is 0 Å². The van der Waals surface area contributed by atoms with E-state index in [2.05, 4.69) is 0 Å². The third kappa shape index (κ3) is 61.7. The molecule has 8 heavy (non-hydrogen) atoms. The molecule has 0 aliphatic rings. The first-order valence-electron chi connectivity index (χ1n) is 0.651. The zero-order valence-corrected chi connectivity index (χ0v) is 15.1. The Hall–Kier alpha value is 3.13. The van der Waals surface area contributed by atoms with Crippen LogP contribution in [0.2, 0.25) is 0 Å². The zero-order valence-electron chi connectivity index (χ0n) is 7.51. The monoisotopic (exact) mass is 476 g/mol. The van der Waals surface area contributed by atoms with E-state index in [1.165, 1.54) is 0 Å². The predicted molar refractivity (Wildman–Crippen MR) is 23.4 cm³/mol. The van der Waals surface area contributed by atoms with Gasteiger partial charge in [0, 0.05) is 39.9 Å². The van der Waals surface area contributed by atoms with E-state index in [-0.39, 0.29) is 128 Å². The molecule has 0 rings (SSSR count). The van der Waals surface area contributed by atoms with Gasteiger partial charge in [-0.15, -0.1) is 0 Å². The SMILES string of the molecule is O.O=C(O)O.[Ba+2].[H-].[H-].[H-].[Na+].[Th]. The minimum atomic E-state index is -1.83. The number of rotatable bonds is 0. The summed E-state index contributed by atoms with van der Waals surface area (Å²) >= 11 is 0. The maximum absolute atomic E-state index is 8.56. The van der Waals surface area contributed by atoms with Crippen molar-refractivity contribution in [2.75, 3.05) is 0 Å². The summed E-state index contributed by atoms with van der Waals surface area (Å²) < 4.78 is 0. The van der Waals surface area contributed by atoms with E-state index in [0.717, 1.165) is 0 Å². The summed E-state index contributed by atoms with van der Waals surface area (Å²) in [5, 5.41) is 13.9. The Balaban J connectivity index is -0.00000000214. The molecular formula is CH7BaNaO4Th. The van der Waals surface area contributed by atoms with Crippen molar-refractivity contribution in [3.63, 3.8) is 0 Å². The Bertz CT molecular complexity index is 48.3. The van der Waals surface area contributed by atoms with Crippen molar-refractivity contribution in [2.45, 2.75) is 0 Å². The molecule has 0 bridgehead atoms. The molecule has 4 N–H and O–H groups in total. The molecule has 0 saturated carbocycles. The van der Waals surface area contributed by atoms with Crippen molar-refractivity contribution in [1.29, 1.82) is 0 Å². The van der Waals surface area contributed by atoms with Crippen LogP contribution in [0.5, 0.6) is 0 Å². The van der Waals surface area contributed by atoms with Crippen molar-refractivity contribution < 1.29 is 94.3 Å². The van der Waals surface area contributed by atoms with E-state index in [0.29, 0.717) is 0 Å². The van der Waals surface area contributed by atoms with Gasteiger partial charge < -0.3 is 20.0 Å². The van der Waals surface area contributed by atoms with E-state index in [4.69, 9.17) is 15.0 Å². The Morgan fingerprint density at radius 2 is 1.38 bits per heavy atom. The van der Waals surface area contributed by atoms with Crippen molar-refractivity contribution in [1.82, 2.24) is 0 Å². The molecule has 0 aromatic rings. The van der Waals surface area contributed by atoms with Gasteiger partial charge in [-0.1, -0.05) is 0 Å². The molecule has 4 nitrogen and oxygen atoms in total. The maximum atomic E-state index is 8.56. The second-order valence-corrected chi connectivity index (χ2v) is 0.283. The maximum Gasteiger partial charge on any atom is 2.00 e. The van der Waals surface area contributed by atoms with Gasteiger partial charge in [-0.2, -0.15) is 0 Å². The third-order valence-corrected chi connectivity index (χ3v) is 0. The van der Waals surface area contributed by atoms with Crippen LogP contribution in [0.4, 0.5) is 4.79 Å². The van der Waals surface area contributed by atoms with Crippen LogP contribution in [0, 0.1) is 39.9 Å². The van der Waals surface area contributed by atoms with Crippen molar-refractivity contribution >= 4 is 55.0 Å². The van der Waals surface area contributed by atoms with E-state index in [1.807, 2.05) is 0 Å². The summed E-state index contributed by atoms with van der Waals surface area (Å²) in [5.74, 6) is 0. The van der Waals surface area contributed by atoms with E-state index >= 15 is 0 Å². The molecule has 0 atom stereocenters. The average molecular weight is 475 g/mol. The molecule has 0 unspecified atom stereocenters. The fourth-order valence-electron chi connectivity index (χ4n) is 0. The Kier molecular flexibility index (Phi) is 85.4. The summed E-state index contributed by atoms with van der Waals surface area (Å²) in [7, 11) is 0. The second-order valence-electron chi connectivity index (χ2n) is 0.283. The fraction of sp³-hybridized carbons (Fsp3) is 0. The molecule has 0 fully saturated rings. The van der Waals surface area contributed by atoms with Crippen LogP contribution in [-0.4, -0.2) is 70.7 Å². The van der Waals surface area contributed by atoms with Crippen LogP contribution >= 0.6 is 0 Å². The van der Waals surface area contributed by atoms with Gasteiger partial charge in [0.2, 0.25) is 0 Å². The van der Waals surface area contributed by atoms with Gasteiger partial charge in [0.25, 0.3) is 0 Å². The number of hydrogen-bond acceptors (Lipinski definition) is 1. The Morgan fingerprint density at radius 1 is 1.38 bits per heavy atom. The van der Waals surface area contributed by atoms with Crippen LogP contribution in [0.25, 0.3) is 0 Å². The van der Waals surface area contributed by atoms with E-state index in [9.17, 15) is 0 Å². The van der Waals surface area contributed by atoms with E-state index in [1.54, 1.807) is 0 Å². The molecule has 0 aliphatic carbocycles. The summed E-state index contributed by atoms with van der Waals surface area (Å²) in [6, 6.07) is 0. The fourth-order valence-corrected chi connectivity index (χ4v) is 0. The first-order chi connectivity index (χ1) is 1.73. The molecular weight excluding hydrogens is 468 g/mol. The Labute approximate surface area is 146 Å². The summed E-state index contributed by atoms with van der Waals surface area (Å²) in [6.45, 7) is 0. The molecule has 0 aromatic carbocycles. The molecule has 0 aromatic heterocycles. The van der Waals surface area contributed by atoms with Crippen molar-refractivity contribution in [3.05, 3.63) is 0 Å². The van der Waals surface area contributed by atoms with Gasteiger partial charge in [0.1, 0.15) is 0 Å². The predicted octanol–water partition coefficient (Wildman–Crippen LogP) is -3.64. The molecule has 7 heteroatoms. The average Bonchev–Trinajstić information content (AvgIpc) is 0.811. The van der Waals surface area contributed by atoms with Gasteiger partial charge in [0.05, 0.1) is 0 Å². The molecule has 0 spiro atoms. The van der Waals surface area contributed by atoms with Crippen LogP contribution in [-0.2, 0) is 0 Å².